The Labute approximate surface area is 132 Å². The van der Waals surface area contributed by atoms with Crippen molar-refractivity contribution < 1.29 is 9.15 Å². The van der Waals surface area contributed by atoms with E-state index in [4.69, 9.17) is 9.15 Å². The molecule has 7 heteroatoms. The van der Waals surface area contributed by atoms with Crippen LogP contribution in [0.2, 0.25) is 0 Å². The molecule has 1 unspecified atom stereocenters. The molecule has 0 saturated carbocycles. The van der Waals surface area contributed by atoms with E-state index in [2.05, 4.69) is 20.5 Å². The van der Waals surface area contributed by atoms with E-state index in [0.29, 0.717) is 23.9 Å². The molecule has 0 aromatic carbocycles. The fourth-order valence-corrected chi connectivity index (χ4v) is 2.83. The summed E-state index contributed by atoms with van der Waals surface area (Å²) in [6, 6.07) is 7.81. The highest BCUT2D eigenvalue weighted by atomic mass is 32.1. The van der Waals surface area contributed by atoms with E-state index >= 15 is 0 Å². The first-order valence-corrected chi connectivity index (χ1v) is 7.71. The van der Waals surface area contributed by atoms with E-state index in [1.54, 1.807) is 24.6 Å². The third kappa shape index (κ3) is 3.32. The summed E-state index contributed by atoms with van der Waals surface area (Å²) in [5.74, 6) is 1.96. The van der Waals surface area contributed by atoms with Crippen molar-refractivity contribution in [3.8, 4) is 11.5 Å². The maximum Gasteiger partial charge on any atom is 0.243 e. The highest BCUT2D eigenvalue weighted by Gasteiger charge is 2.13. The molecule has 3 aromatic rings. The molecule has 3 rings (SSSR count). The van der Waals surface area contributed by atoms with Gasteiger partial charge in [-0.3, -0.25) is 0 Å². The maximum atomic E-state index is 5.55. The minimum Gasteiger partial charge on any atom is -0.460 e. The molecule has 3 aromatic heterocycles. The van der Waals surface area contributed by atoms with E-state index in [9.17, 15) is 0 Å². The van der Waals surface area contributed by atoms with Crippen molar-refractivity contribution in [1.29, 1.82) is 0 Å². The van der Waals surface area contributed by atoms with Crippen molar-refractivity contribution in [3.63, 3.8) is 0 Å². The Hall–Kier alpha value is -2.25. The summed E-state index contributed by atoms with van der Waals surface area (Å²) in [4.78, 5) is 5.57. The van der Waals surface area contributed by atoms with Gasteiger partial charge >= 0.3 is 0 Å². The first-order chi connectivity index (χ1) is 10.8. The highest BCUT2D eigenvalue weighted by Crippen LogP contribution is 2.23. The van der Waals surface area contributed by atoms with Crippen LogP contribution >= 0.6 is 11.3 Å². The molecule has 0 fully saturated rings. The zero-order valence-corrected chi connectivity index (χ0v) is 13.1. The molecule has 0 aliphatic carbocycles. The molecule has 114 valence electrons. The lowest BCUT2D eigenvalue weighted by atomic mass is 10.3. The van der Waals surface area contributed by atoms with Crippen LogP contribution in [0.4, 0.5) is 5.95 Å². The number of ether oxygens (including phenoxy) is 1. The van der Waals surface area contributed by atoms with Crippen LogP contribution in [0.1, 0.15) is 16.7 Å². The first kappa shape index (κ1) is 14.7. The van der Waals surface area contributed by atoms with Crippen molar-refractivity contribution >= 4 is 17.3 Å². The highest BCUT2D eigenvalue weighted by molar-refractivity contribution is 7.10. The molecule has 0 radical (unpaired) electrons. The second-order valence-corrected chi connectivity index (χ2v) is 5.68. The molecule has 0 aliphatic rings. The zero-order valence-electron chi connectivity index (χ0n) is 12.3. The number of hydrogen-bond acceptors (Lipinski definition) is 7. The van der Waals surface area contributed by atoms with Crippen LogP contribution in [0.25, 0.3) is 11.5 Å². The van der Waals surface area contributed by atoms with Crippen LogP contribution in [0.3, 0.4) is 0 Å². The maximum absolute atomic E-state index is 5.55. The van der Waals surface area contributed by atoms with E-state index in [-0.39, 0.29) is 6.10 Å². The molecule has 22 heavy (non-hydrogen) atoms. The van der Waals surface area contributed by atoms with Crippen LogP contribution in [0.15, 0.2) is 40.3 Å². The first-order valence-electron chi connectivity index (χ1n) is 6.83. The predicted molar refractivity (Wildman–Crippen MR) is 84.8 cm³/mol. The van der Waals surface area contributed by atoms with Gasteiger partial charge in [0.2, 0.25) is 5.95 Å². The third-order valence-electron chi connectivity index (χ3n) is 3.14. The summed E-state index contributed by atoms with van der Waals surface area (Å²) < 4.78 is 11.0. The molecule has 1 N–H and O–H groups in total. The SMILES string of the molecule is COC(CNc1nncc(-c2ccc(C)o2)n1)c1cccs1. The number of nitrogens with one attached hydrogen (secondary N) is 1. The van der Waals surface area contributed by atoms with Gasteiger partial charge in [-0.25, -0.2) is 4.98 Å². The van der Waals surface area contributed by atoms with Crippen LogP contribution < -0.4 is 5.32 Å². The lowest BCUT2D eigenvalue weighted by Crippen LogP contribution is -2.15. The Morgan fingerprint density at radius 3 is 2.95 bits per heavy atom. The zero-order chi connectivity index (χ0) is 15.4. The molecule has 0 spiro atoms. The Morgan fingerprint density at radius 2 is 2.27 bits per heavy atom. The Morgan fingerprint density at radius 1 is 1.36 bits per heavy atom. The fourth-order valence-electron chi connectivity index (χ4n) is 2.03. The van der Waals surface area contributed by atoms with Crippen molar-refractivity contribution in [2.24, 2.45) is 0 Å². The van der Waals surface area contributed by atoms with Crippen LogP contribution in [-0.4, -0.2) is 28.8 Å². The van der Waals surface area contributed by atoms with Crippen LogP contribution in [0.5, 0.6) is 0 Å². The molecule has 6 nitrogen and oxygen atoms in total. The molecule has 3 heterocycles. The number of furan rings is 1. The number of hydrogen-bond donors (Lipinski definition) is 1. The van der Waals surface area contributed by atoms with E-state index in [1.165, 1.54) is 0 Å². The van der Waals surface area contributed by atoms with Crippen LogP contribution in [-0.2, 0) is 4.74 Å². The van der Waals surface area contributed by atoms with Gasteiger partial charge in [0.1, 0.15) is 17.6 Å². The van der Waals surface area contributed by atoms with Gasteiger partial charge in [0.25, 0.3) is 0 Å². The summed E-state index contributed by atoms with van der Waals surface area (Å²) >= 11 is 1.66. The van der Waals surface area contributed by atoms with Gasteiger partial charge in [-0.2, -0.15) is 5.10 Å². The Kier molecular flexibility index (Phi) is 4.45. The summed E-state index contributed by atoms with van der Waals surface area (Å²) in [5.41, 5.74) is 0.649. The largest absolute Gasteiger partial charge is 0.460 e. The minimum absolute atomic E-state index is 0.0434. The molecular formula is C15H16N4O2S. The van der Waals surface area contributed by atoms with Gasteiger partial charge in [-0.15, -0.1) is 16.4 Å². The lowest BCUT2D eigenvalue weighted by molar-refractivity contribution is 0.117. The van der Waals surface area contributed by atoms with E-state index in [0.717, 1.165) is 10.6 Å². The molecule has 0 bridgehead atoms. The molecule has 0 amide bonds. The molecule has 1 atom stereocenters. The van der Waals surface area contributed by atoms with Gasteiger partial charge in [0.05, 0.1) is 6.20 Å². The Balaban J connectivity index is 1.70. The predicted octanol–water partition coefficient (Wildman–Crippen LogP) is 3.30. The van der Waals surface area contributed by atoms with E-state index in [1.807, 2.05) is 36.6 Å². The number of methoxy groups -OCH3 is 1. The van der Waals surface area contributed by atoms with Crippen molar-refractivity contribution in [2.75, 3.05) is 19.0 Å². The summed E-state index contributed by atoms with van der Waals surface area (Å²) in [5, 5.41) is 13.1. The monoisotopic (exact) mass is 316 g/mol. The smallest absolute Gasteiger partial charge is 0.243 e. The van der Waals surface area contributed by atoms with Gasteiger partial charge in [-0.1, -0.05) is 6.07 Å². The standard InChI is InChI=1S/C15H16N4O2S/c1-10-5-6-12(21-10)11-8-17-19-15(18-11)16-9-13(20-2)14-4-3-7-22-14/h3-8,13H,9H2,1-2H3,(H,16,18,19). The molecule has 0 aliphatic heterocycles. The summed E-state index contributed by atoms with van der Waals surface area (Å²) in [6.45, 7) is 2.46. The van der Waals surface area contributed by atoms with E-state index < -0.39 is 0 Å². The third-order valence-corrected chi connectivity index (χ3v) is 4.11. The van der Waals surface area contributed by atoms with Gasteiger partial charge < -0.3 is 14.5 Å². The van der Waals surface area contributed by atoms with Gasteiger partial charge in [-0.05, 0) is 30.5 Å². The number of anilines is 1. The number of aromatic nitrogens is 3. The number of aryl methyl sites for hydroxylation is 1. The quantitative estimate of drug-likeness (QED) is 0.752. The number of nitrogens with zero attached hydrogens (tertiary/aromatic N) is 3. The van der Waals surface area contributed by atoms with Crippen LogP contribution in [0, 0.1) is 6.92 Å². The second kappa shape index (κ2) is 6.67. The van der Waals surface area contributed by atoms with Gasteiger partial charge in [0, 0.05) is 18.5 Å². The average Bonchev–Trinajstić information content (AvgIpc) is 3.20. The van der Waals surface area contributed by atoms with Crippen molar-refractivity contribution in [2.45, 2.75) is 13.0 Å². The number of rotatable bonds is 6. The van der Waals surface area contributed by atoms with Crippen molar-refractivity contribution in [1.82, 2.24) is 15.2 Å². The summed E-state index contributed by atoms with van der Waals surface area (Å²) in [7, 11) is 1.69. The lowest BCUT2D eigenvalue weighted by Gasteiger charge is -2.14. The minimum atomic E-state index is -0.0434. The summed E-state index contributed by atoms with van der Waals surface area (Å²) in [6.07, 6.45) is 1.54. The fraction of sp³-hybridized carbons (Fsp3) is 0.267. The second-order valence-electron chi connectivity index (χ2n) is 4.70. The molecular weight excluding hydrogens is 300 g/mol. The Bertz CT molecular complexity index is 727. The van der Waals surface area contributed by atoms with Gasteiger partial charge in [0.15, 0.2) is 5.76 Å². The topological polar surface area (TPSA) is 73.1 Å². The normalized spacial score (nSPS) is 12.3. The van der Waals surface area contributed by atoms with Crippen molar-refractivity contribution in [3.05, 3.63) is 46.5 Å². The average molecular weight is 316 g/mol. The number of thiophene rings is 1. The molecule has 0 saturated heterocycles.